The molecule has 0 fully saturated rings. The van der Waals surface area contributed by atoms with Gasteiger partial charge in [-0.25, -0.2) is 0 Å². The first-order valence-electron chi connectivity index (χ1n) is 3.46. The van der Waals surface area contributed by atoms with Gasteiger partial charge < -0.3 is 15.3 Å². The van der Waals surface area contributed by atoms with E-state index in [0.717, 1.165) is 0 Å². The van der Waals surface area contributed by atoms with Crippen molar-refractivity contribution in [2.24, 2.45) is 0 Å². The Morgan fingerprint density at radius 3 is 2.15 bits per heavy atom. The number of hydrogen-bond acceptors (Lipinski definition) is 4. The molecule has 0 aliphatic rings. The second kappa shape index (κ2) is 3.50. The highest BCUT2D eigenvalue weighted by atomic mass is 16.3. The minimum absolute atomic E-state index is 0.419. The zero-order chi connectivity index (χ0) is 9.84. The molecular formula is C9H7NO3. The Balaban J connectivity index is 3.15. The van der Waals surface area contributed by atoms with Gasteiger partial charge in [-0.15, -0.1) is 0 Å². The fourth-order valence-electron chi connectivity index (χ4n) is 0.855. The van der Waals surface area contributed by atoms with Gasteiger partial charge in [0.15, 0.2) is 17.2 Å². The van der Waals surface area contributed by atoms with Gasteiger partial charge in [0.05, 0.1) is 6.07 Å². The van der Waals surface area contributed by atoms with Gasteiger partial charge in [-0.05, 0) is 23.8 Å². The van der Waals surface area contributed by atoms with Gasteiger partial charge in [0.25, 0.3) is 0 Å². The number of hydrogen-bond donors (Lipinski definition) is 3. The predicted octanol–water partition coefficient (Wildman–Crippen LogP) is 1.34. The molecule has 0 aliphatic heterocycles. The van der Waals surface area contributed by atoms with Gasteiger partial charge in [0, 0.05) is 6.08 Å². The quantitative estimate of drug-likeness (QED) is 0.446. The van der Waals surface area contributed by atoms with Crippen LogP contribution >= 0.6 is 0 Å². The monoisotopic (exact) mass is 177 g/mol. The van der Waals surface area contributed by atoms with Crippen LogP contribution in [0.15, 0.2) is 18.2 Å². The number of benzene rings is 1. The molecule has 4 nitrogen and oxygen atoms in total. The van der Waals surface area contributed by atoms with Crippen molar-refractivity contribution in [2.75, 3.05) is 0 Å². The van der Waals surface area contributed by atoms with Crippen LogP contribution in [0.3, 0.4) is 0 Å². The van der Waals surface area contributed by atoms with Crippen LogP contribution in [0.25, 0.3) is 6.08 Å². The number of nitriles is 1. The smallest absolute Gasteiger partial charge is 0.200 e. The molecular weight excluding hydrogens is 170 g/mol. The lowest BCUT2D eigenvalue weighted by Gasteiger charge is -2.01. The molecule has 66 valence electrons. The van der Waals surface area contributed by atoms with Crippen LogP contribution in [0, 0.1) is 11.3 Å². The zero-order valence-corrected chi connectivity index (χ0v) is 6.60. The summed E-state index contributed by atoms with van der Waals surface area (Å²) < 4.78 is 0. The maximum atomic E-state index is 9.05. The topological polar surface area (TPSA) is 84.5 Å². The Morgan fingerprint density at radius 2 is 1.69 bits per heavy atom. The van der Waals surface area contributed by atoms with Gasteiger partial charge in [-0.3, -0.25) is 0 Å². The molecule has 1 rings (SSSR count). The summed E-state index contributed by atoms with van der Waals surface area (Å²) >= 11 is 0. The molecule has 0 heterocycles. The fourth-order valence-corrected chi connectivity index (χ4v) is 0.855. The summed E-state index contributed by atoms with van der Waals surface area (Å²) in [5.41, 5.74) is 0.439. The molecule has 0 amide bonds. The third-order valence-corrected chi connectivity index (χ3v) is 1.44. The SMILES string of the molecule is N#C/C=C\c1cc(O)c(O)c(O)c1. The Morgan fingerprint density at radius 1 is 1.15 bits per heavy atom. The third-order valence-electron chi connectivity index (χ3n) is 1.44. The lowest BCUT2D eigenvalue weighted by atomic mass is 10.1. The molecule has 0 saturated carbocycles. The summed E-state index contributed by atoms with van der Waals surface area (Å²) in [7, 11) is 0. The van der Waals surface area contributed by atoms with Gasteiger partial charge >= 0.3 is 0 Å². The molecule has 0 aliphatic carbocycles. The van der Waals surface area contributed by atoms with E-state index in [1.54, 1.807) is 6.07 Å². The molecule has 0 spiro atoms. The van der Waals surface area contributed by atoms with Crippen molar-refractivity contribution in [3.05, 3.63) is 23.8 Å². The first kappa shape index (κ1) is 8.94. The van der Waals surface area contributed by atoms with E-state index in [-0.39, 0.29) is 0 Å². The van der Waals surface area contributed by atoms with E-state index in [0.29, 0.717) is 5.56 Å². The molecule has 0 atom stereocenters. The first-order valence-corrected chi connectivity index (χ1v) is 3.46. The largest absolute Gasteiger partial charge is 0.504 e. The number of nitrogens with zero attached hydrogens (tertiary/aromatic N) is 1. The van der Waals surface area contributed by atoms with Crippen LogP contribution in [-0.4, -0.2) is 15.3 Å². The number of phenolic OH excluding ortho intramolecular Hbond substituents is 3. The molecule has 0 unspecified atom stereocenters. The highest BCUT2D eigenvalue weighted by molar-refractivity contribution is 5.61. The second-order valence-electron chi connectivity index (χ2n) is 2.37. The Labute approximate surface area is 74.6 Å². The lowest BCUT2D eigenvalue weighted by Crippen LogP contribution is -1.75. The molecule has 13 heavy (non-hydrogen) atoms. The molecule has 1 aromatic carbocycles. The Hall–Kier alpha value is -2.15. The van der Waals surface area contributed by atoms with Gasteiger partial charge in [-0.2, -0.15) is 5.26 Å². The molecule has 0 aromatic heterocycles. The average molecular weight is 177 g/mol. The van der Waals surface area contributed by atoms with E-state index in [4.69, 9.17) is 20.6 Å². The predicted molar refractivity (Wildman–Crippen MR) is 46.1 cm³/mol. The van der Waals surface area contributed by atoms with Crippen molar-refractivity contribution < 1.29 is 15.3 Å². The normalized spacial score (nSPS) is 10.1. The van der Waals surface area contributed by atoms with E-state index in [1.807, 2.05) is 0 Å². The number of allylic oxidation sites excluding steroid dienone is 1. The number of phenols is 3. The van der Waals surface area contributed by atoms with Crippen molar-refractivity contribution in [3.63, 3.8) is 0 Å². The summed E-state index contributed by atoms with van der Waals surface area (Å²) in [6, 6.07) is 4.24. The van der Waals surface area contributed by atoms with Crippen LogP contribution in [-0.2, 0) is 0 Å². The molecule has 0 bridgehead atoms. The van der Waals surface area contributed by atoms with Crippen molar-refractivity contribution in [1.29, 1.82) is 5.26 Å². The Bertz CT molecular complexity index is 367. The summed E-state index contributed by atoms with van der Waals surface area (Å²) in [6.07, 6.45) is 2.60. The average Bonchev–Trinajstić information content (AvgIpc) is 2.10. The molecule has 3 N–H and O–H groups in total. The zero-order valence-electron chi connectivity index (χ0n) is 6.60. The summed E-state index contributed by atoms with van der Waals surface area (Å²) in [5, 5.41) is 35.3. The van der Waals surface area contributed by atoms with Crippen LogP contribution in [0.2, 0.25) is 0 Å². The maximum absolute atomic E-state index is 9.05. The Kier molecular flexibility index (Phi) is 2.41. The highest BCUT2D eigenvalue weighted by Gasteiger charge is 2.05. The standard InChI is InChI=1S/C9H7NO3/c10-3-1-2-6-4-7(11)9(13)8(12)5-6/h1-2,4-5,11-13H/b2-1-. The molecule has 4 heteroatoms. The van der Waals surface area contributed by atoms with E-state index < -0.39 is 17.2 Å². The summed E-state index contributed by atoms with van der Waals surface area (Å²) in [5.74, 6) is -1.40. The van der Waals surface area contributed by atoms with Crippen LogP contribution in [0.1, 0.15) is 5.56 Å². The van der Waals surface area contributed by atoms with Crippen LogP contribution in [0.4, 0.5) is 0 Å². The third kappa shape index (κ3) is 1.91. The van der Waals surface area contributed by atoms with E-state index in [9.17, 15) is 0 Å². The minimum atomic E-state index is -0.561. The van der Waals surface area contributed by atoms with E-state index >= 15 is 0 Å². The molecule has 0 radical (unpaired) electrons. The van der Waals surface area contributed by atoms with Crippen LogP contribution in [0.5, 0.6) is 17.2 Å². The first-order chi connectivity index (χ1) is 6.15. The van der Waals surface area contributed by atoms with Crippen molar-refractivity contribution in [2.45, 2.75) is 0 Å². The van der Waals surface area contributed by atoms with Crippen LogP contribution < -0.4 is 0 Å². The number of aromatic hydroxyl groups is 3. The van der Waals surface area contributed by atoms with E-state index in [2.05, 4.69) is 0 Å². The van der Waals surface area contributed by atoms with Crippen molar-refractivity contribution in [3.8, 4) is 23.3 Å². The number of rotatable bonds is 1. The fraction of sp³-hybridized carbons (Fsp3) is 0. The molecule has 0 saturated heterocycles. The van der Waals surface area contributed by atoms with E-state index in [1.165, 1.54) is 24.3 Å². The second-order valence-corrected chi connectivity index (χ2v) is 2.37. The minimum Gasteiger partial charge on any atom is -0.504 e. The maximum Gasteiger partial charge on any atom is 0.200 e. The summed E-state index contributed by atoms with van der Waals surface area (Å²) in [6.45, 7) is 0. The lowest BCUT2D eigenvalue weighted by molar-refractivity contribution is 0.368. The molecule has 1 aromatic rings. The van der Waals surface area contributed by atoms with Crippen molar-refractivity contribution in [1.82, 2.24) is 0 Å². The summed E-state index contributed by atoms with van der Waals surface area (Å²) in [4.78, 5) is 0. The van der Waals surface area contributed by atoms with Gasteiger partial charge in [0.1, 0.15) is 0 Å². The van der Waals surface area contributed by atoms with Gasteiger partial charge in [0.2, 0.25) is 0 Å². The van der Waals surface area contributed by atoms with Crippen molar-refractivity contribution >= 4 is 6.08 Å². The highest BCUT2D eigenvalue weighted by Crippen LogP contribution is 2.35. The van der Waals surface area contributed by atoms with Gasteiger partial charge in [-0.1, -0.05) is 0 Å².